The molecule has 110 valence electrons. The Morgan fingerprint density at radius 3 is 2.32 bits per heavy atom. The highest BCUT2D eigenvalue weighted by Crippen LogP contribution is 2.29. The lowest BCUT2D eigenvalue weighted by Crippen LogP contribution is -2.17. The Balaban J connectivity index is 0.00000154. The molecule has 3 heteroatoms. The zero-order valence-electron chi connectivity index (χ0n) is 12.6. The second-order valence-corrected chi connectivity index (χ2v) is 5.30. The van der Waals surface area contributed by atoms with Crippen molar-refractivity contribution in [3.8, 4) is 0 Å². The summed E-state index contributed by atoms with van der Waals surface area (Å²) in [7, 11) is 0.500. The lowest BCUT2D eigenvalue weighted by Gasteiger charge is -2.24. The summed E-state index contributed by atoms with van der Waals surface area (Å²) in [6, 6.07) is 5.51. The van der Waals surface area contributed by atoms with E-state index in [4.69, 9.17) is 5.73 Å². The second-order valence-electron chi connectivity index (χ2n) is 5.30. The molecule has 0 spiro atoms. The van der Waals surface area contributed by atoms with E-state index in [9.17, 15) is 8.78 Å². The number of halogens is 2. The zero-order valence-corrected chi connectivity index (χ0v) is 12.6. The third-order valence-corrected chi connectivity index (χ3v) is 3.56. The summed E-state index contributed by atoms with van der Waals surface area (Å²) in [6.07, 6.45) is 4.04. The monoisotopic (exact) mass is 271 g/mol. The summed E-state index contributed by atoms with van der Waals surface area (Å²) in [5.74, 6) is -0.0839. The number of alkyl halides is 1. The third-order valence-electron chi connectivity index (χ3n) is 3.56. The van der Waals surface area contributed by atoms with Gasteiger partial charge < -0.3 is 5.73 Å². The fraction of sp³-hybridized carbons (Fsp3) is 0.625. The summed E-state index contributed by atoms with van der Waals surface area (Å²) in [4.78, 5) is 0. The average Bonchev–Trinajstić information content (AvgIpc) is 2.43. The first kappa shape index (κ1) is 18.0. The van der Waals surface area contributed by atoms with Crippen molar-refractivity contribution in [2.24, 2.45) is 5.73 Å². The van der Waals surface area contributed by atoms with E-state index >= 15 is 0 Å². The van der Waals surface area contributed by atoms with E-state index in [1.165, 1.54) is 5.56 Å². The summed E-state index contributed by atoms with van der Waals surface area (Å²) in [5, 5.41) is 0. The maximum absolute atomic E-state index is 13.8. The van der Waals surface area contributed by atoms with Crippen LogP contribution in [-0.4, -0.2) is 13.7 Å². The van der Waals surface area contributed by atoms with Gasteiger partial charge in [0.25, 0.3) is 0 Å². The second kappa shape index (κ2) is 9.03. The number of rotatable bonds is 6. The Kier molecular flexibility index (Phi) is 8.57. The highest BCUT2D eigenvalue weighted by molar-refractivity contribution is 5.30. The zero-order chi connectivity index (χ0) is 14.9. The van der Waals surface area contributed by atoms with Crippen LogP contribution < -0.4 is 5.73 Å². The van der Waals surface area contributed by atoms with E-state index < -0.39 is 0 Å². The lowest BCUT2D eigenvalue weighted by atomic mass is 9.81. The SMILES string of the molecule is CCC(C)(C)c1cc(CCCCN)ccc1F.CF. The molecule has 0 radical (unpaired) electrons. The van der Waals surface area contributed by atoms with Gasteiger partial charge in [-0.3, -0.25) is 4.39 Å². The van der Waals surface area contributed by atoms with Gasteiger partial charge in [0.1, 0.15) is 5.82 Å². The van der Waals surface area contributed by atoms with Crippen molar-refractivity contribution >= 4 is 0 Å². The highest BCUT2D eigenvalue weighted by atomic mass is 19.1. The van der Waals surface area contributed by atoms with E-state index in [0.717, 1.165) is 37.8 Å². The van der Waals surface area contributed by atoms with Crippen LogP contribution in [0, 0.1) is 5.82 Å². The summed E-state index contributed by atoms with van der Waals surface area (Å²) >= 11 is 0. The quantitative estimate of drug-likeness (QED) is 0.763. The molecule has 0 atom stereocenters. The maximum Gasteiger partial charge on any atom is 0.126 e. The van der Waals surface area contributed by atoms with Gasteiger partial charge in [-0.2, -0.15) is 0 Å². The first-order chi connectivity index (χ1) is 9.01. The van der Waals surface area contributed by atoms with E-state index in [2.05, 4.69) is 20.8 Å². The lowest BCUT2D eigenvalue weighted by molar-refractivity contribution is 0.468. The van der Waals surface area contributed by atoms with Crippen molar-refractivity contribution in [1.82, 2.24) is 0 Å². The molecule has 0 amide bonds. The van der Waals surface area contributed by atoms with E-state index in [1.54, 1.807) is 6.07 Å². The summed E-state index contributed by atoms with van der Waals surface area (Å²) in [6.45, 7) is 7.01. The van der Waals surface area contributed by atoms with Gasteiger partial charge in [-0.15, -0.1) is 0 Å². The molecule has 1 rings (SSSR count). The van der Waals surface area contributed by atoms with Gasteiger partial charge in [0, 0.05) is 0 Å². The molecule has 0 bridgehead atoms. The topological polar surface area (TPSA) is 26.0 Å². The van der Waals surface area contributed by atoms with E-state index in [1.807, 2.05) is 12.1 Å². The van der Waals surface area contributed by atoms with Crippen molar-refractivity contribution in [2.45, 2.75) is 51.9 Å². The minimum atomic E-state index is -0.0893. The van der Waals surface area contributed by atoms with Gasteiger partial charge in [-0.25, -0.2) is 4.39 Å². The Labute approximate surface area is 116 Å². The minimum Gasteiger partial charge on any atom is -0.330 e. The van der Waals surface area contributed by atoms with Crippen LogP contribution in [0.2, 0.25) is 0 Å². The predicted octanol–water partition coefficient (Wildman–Crippen LogP) is 4.38. The standard InChI is InChI=1S/C15H24FN.CH3F/c1-4-15(2,3)13-11-12(7-5-6-10-17)8-9-14(13)16;1-2/h8-9,11H,4-7,10,17H2,1-3H3;1H3. The van der Waals surface area contributed by atoms with Gasteiger partial charge in [0.15, 0.2) is 0 Å². The Morgan fingerprint density at radius 2 is 1.79 bits per heavy atom. The number of hydrogen-bond donors (Lipinski definition) is 1. The molecule has 0 saturated carbocycles. The predicted molar refractivity (Wildman–Crippen MR) is 78.7 cm³/mol. The van der Waals surface area contributed by atoms with Crippen LogP contribution in [0.5, 0.6) is 0 Å². The van der Waals surface area contributed by atoms with Crippen LogP contribution in [-0.2, 0) is 11.8 Å². The molecule has 1 nitrogen and oxygen atoms in total. The Hall–Kier alpha value is -0.960. The first-order valence-corrected chi connectivity index (χ1v) is 6.88. The number of benzene rings is 1. The van der Waals surface area contributed by atoms with E-state index in [-0.39, 0.29) is 11.2 Å². The molecular formula is C16H27F2N. The molecule has 0 saturated heterocycles. The van der Waals surface area contributed by atoms with Crippen molar-refractivity contribution in [3.63, 3.8) is 0 Å². The van der Waals surface area contributed by atoms with Crippen molar-refractivity contribution in [2.75, 3.05) is 13.7 Å². The van der Waals surface area contributed by atoms with Gasteiger partial charge in [-0.1, -0.05) is 32.9 Å². The van der Waals surface area contributed by atoms with Crippen molar-refractivity contribution < 1.29 is 8.78 Å². The number of unbranched alkanes of at least 4 members (excludes halogenated alkanes) is 1. The fourth-order valence-corrected chi connectivity index (χ4v) is 1.91. The largest absolute Gasteiger partial charge is 0.330 e. The summed E-state index contributed by atoms with van der Waals surface area (Å²) < 4.78 is 23.3. The molecule has 0 heterocycles. The molecule has 1 aromatic carbocycles. The molecule has 0 unspecified atom stereocenters. The average molecular weight is 271 g/mol. The van der Waals surface area contributed by atoms with Crippen LogP contribution in [0.4, 0.5) is 8.78 Å². The highest BCUT2D eigenvalue weighted by Gasteiger charge is 2.22. The molecule has 0 aliphatic rings. The van der Waals surface area contributed by atoms with Crippen LogP contribution in [0.15, 0.2) is 18.2 Å². The number of hydrogen-bond acceptors (Lipinski definition) is 1. The van der Waals surface area contributed by atoms with Crippen LogP contribution >= 0.6 is 0 Å². The first-order valence-electron chi connectivity index (χ1n) is 6.88. The van der Waals surface area contributed by atoms with Gasteiger partial charge in [-0.05, 0) is 54.8 Å². The van der Waals surface area contributed by atoms with Gasteiger partial charge in [0.2, 0.25) is 0 Å². The van der Waals surface area contributed by atoms with Gasteiger partial charge >= 0.3 is 0 Å². The maximum atomic E-state index is 13.8. The van der Waals surface area contributed by atoms with E-state index in [0.29, 0.717) is 7.18 Å². The molecule has 0 aromatic heterocycles. The van der Waals surface area contributed by atoms with Crippen LogP contribution in [0.3, 0.4) is 0 Å². The third kappa shape index (κ3) is 5.68. The fourth-order valence-electron chi connectivity index (χ4n) is 1.91. The van der Waals surface area contributed by atoms with Crippen molar-refractivity contribution in [1.29, 1.82) is 0 Å². The molecule has 0 fully saturated rings. The molecule has 19 heavy (non-hydrogen) atoms. The molecule has 0 aliphatic carbocycles. The number of aryl methyl sites for hydroxylation is 1. The number of nitrogens with two attached hydrogens (primary N) is 1. The molecular weight excluding hydrogens is 244 g/mol. The molecule has 1 aromatic rings. The Morgan fingerprint density at radius 1 is 1.16 bits per heavy atom. The van der Waals surface area contributed by atoms with Crippen LogP contribution in [0.25, 0.3) is 0 Å². The normalized spacial score (nSPS) is 10.9. The summed E-state index contributed by atoms with van der Waals surface area (Å²) in [5.41, 5.74) is 7.45. The minimum absolute atomic E-state index is 0.0839. The smallest absolute Gasteiger partial charge is 0.126 e. The van der Waals surface area contributed by atoms with Crippen molar-refractivity contribution in [3.05, 3.63) is 35.1 Å². The van der Waals surface area contributed by atoms with Gasteiger partial charge in [0.05, 0.1) is 7.18 Å². The molecule has 2 N–H and O–H groups in total. The Bertz CT molecular complexity index is 362. The van der Waals surface area contributed by atoms with Crippen LogP contribution in [0.1, 0.15) is 51.2 Å². The molecule has 0 aliphatic heterocycles.